The van der Waals surface area contributed by atoms with E-state index in [1.54, 1.807) is 0 Å². The van der Waals surface area contributed by atoms with Crippen LogP contribution < -0.4 is 0 Å². The molecule has 3 heterocycles. The molecule has 1 unspecified atom stereocenters. The van der Waals surface area contributed by atoms with Crippen LogP contribution in [0.5, 0.6) is 0 Å². The van der Waals surface area contributed by atoms with Gasteiger partial charge in [0.15, 0.2) is 0 Å². The first-order valence-corrected chi connectivity index (χ1v) is 5.95. The molecular weight excluding hydrogens is 281 g/mol. The molecule has 0 spiro atoms. The number of hydrogen-bond donors (Lipinski definition) is 0. The fourth-order valence-electron chi connectivity index (χ4n) is 1.82. The van der Waals surface area contributed by atoms with Crippen LogP contribution in [0.2, 0.25) is 5.02 Å². The van der Waals surface area contributed by atoms with E-state index in [2.05, 4.69) is 26.0 Å². The van der Waals surface area contributed by atoms with Gasteiger partial charge in [0, 0.05) is 12.1 Å². The van der Waals surface area contributed by atoms with Crippen LogP contribution in [-0.4, -0.2) is 35.3 Å². The fourth-order valence-corrected chi connectivity index (χ4v) is 2.40. The van der Waals surface area contributed by atoms with E-state index in [-0.39, 0.29) is 6.04 Å². The Bertz CT molecular complexity index is 427. The maximum Gasteiger partial charge on any atom is 0.147 e. The number of fused-ring (bicyclic) bond motifs is 1. The number of aliphatic imine (C=N–C) groups is 1. The normalized spacial score (nSPS) is 25.1. The highest BCUT2D eigenvalue weighted by atomic mass is 79.9. The van der Waals surface area contributed by atoms with Crippen molar-refractivity contribution in [1.82, 2.24) is 9.78 Å². The Morgan fingerprint density at radius 2 is 2.33 bits per heavy atom. The molecule has 1 atom stereocenters. The van der Waals surface area contributed by atoms with Gasteiger partial charge in [-0.3, -0.25) is 9.67 Å². The van der Waals surface area contributed by atoms with Crippen molar-refractivity contribution < 1.29 is 4.74 Å². The zero-order valence-electron chi connectivity index (χ0n) is 7.86. The van der Waals surface area contributed by atoms with Gasteiger partial charge in [-0.2, -0.15) is 5.10 Å². The maximum absolute atomic E-state index is 6.06. The molecule has 1 aromatic heterocycles. The van der Waals surface area contributed by atoms with Crippen LogP contribution in [-0.2, 0) is 11.3 Å². The van der Waals surface area contributed by atoms with Gasteiger partial charge in [0.25, 0.3) is 0 Å². The highest BCUT2D eigenvalue weighted by molar-refractivity contribution is 9.10. The van der Waals surface area contributed by atoms with Crippen LogP contribution in [0, 0.1) is 5.92 Å². The molecular formula is C9H9BrClN3O. The van der Waals surface area contributed by atoms with Crippen LogP contribution in [0.1, 0.15) is 5.69 Å². The first-order valence-electron chi connectivity index (χ1n) is 4.78. The van der Waals surface area contributed by atoms with Crippen LogP contribution in [0.3, 0.4) is 0 Å². The molecule has 15 heavy (non-hydrogen) atoms. The second-order valence-corrected chi connectivity index (χ2v) is 4.94. The van der Waals surface area contributed by atoms with Crippen molar-refractivity contribution in [2.24, 2.45) is 10.9 Å². The van der Waals surface area contributed by atoms with E-state index in [9.17, 15) is 0 Å². The first kappa shape index (κ1) is 9.81. The van der Waals surface area contributed by atoms with Crippen LogP contribution in [0.15, 0.2) is 9.60 Å². The molecule has 0 saturated carbocycles. The summed E-state index contributed by atoms with van der Waals surface area (Å²) in [7, 11) is 0. The molecule has 2 aliphatic rings. The minimum absolute atomic E-state index is 0.286. The highest BCUT2D eigenvalue weighted by Gasteiger charge is 2.31. The zero-order valence-corrected chi connectivity index (χ0v) is 10.2. The van der Waals surface area contributed by atoms with Gasteiger partial charge in [-0.25, -0.2) is 0 Å². The van der Waals surface area contributed by atoms with Gasteiger partial charge >= 0.3 is 0 Å². The molecule has 1 aromatic rings. The van der Waals surface area contributed by atoms with E-state index in [1.807, 2.05) is 10.9 Å². The predicted molar refractivity (Wildman–Crippen MR) is 60.6 cm³/mol. The van der Waals surface area contributed by atoms with E-state index in [0.717, 1.165) is 25.5 Å². The molecule has 4 nitrogen and oxygen atoms in total. The lowest BCUT2D eigenvalue weighted by molar-refractivity contribution is -0.0461. The summed E-state index contributed by atoms with van der Waals surface area (Å²) in [4.78, 5) is 4.50. The Balaban J connectivity index is 1.89. The van der Waals surface area contributed by atoms with Crippen molar-refractivity contribution in [3.63, 3.8) is 0 Å². The molecule has 0 bridgehead atoms. The molecule has 2 aliphatic heterocycles. The second-order valence-electron chi connectivity index (χ2n) is 3.82. The number of hydrogen-bond acceptors (Lipinski definition) is 3. The number of halogens is 2. The largest absolute Gasteiger partial charge is 0.381 e. The third-order valence-corrected chi connectivity index (χ3v) is 4.00. The summed E-state index contributed by atoms with van der Waals surface area (Å²) in [5, 5.41) is 4.95. The fraction of sp³-hybridized carbons (Fsp3) is 0.556. The Labute approximate surface area is 100 Å². The Kier molecular flexibility index (Phi) is 2.34. The van der Waals surface area contributed by atoms with Crippen molar-refractivity contribution in [1.29, 1.82) is 0 Å². The Morgan fingerprint density at radius 1 is 1.53 bits per heavy atom. The summed E-state index contributed by atoms with van der Waals surface area (Å²) in [5.74, 6) is 0.538. The number of aromatic nitrogens is 2. The van der Waals surface area contributed by atoms with Crippen molar-refractivity contribution in [2.75, 3.05) is 13.2 Å². The maximum atomic E-state index is 6.06. The average molecular weight is 291 g/mol. The average Bonchev–Trinajstić information content (AvgIpc) is 2.40. The summed E-state index contributed by atoms with van der Waals surface area (Å²) < 4.78 is 7.76. The molecule has 1 fully saturated rings. The summed E-state index contributed by atoms with van der Waals surface area (Å²) in [6.07, 6.45) is 1.81. The third-order valence-electron chi connectivity index (χ3n) is 2.85. The van der Waals surface area contributed by atoms with E-state index in [4.69, 9.17) is 16.3 Å². The number of rotatable bonds is 1. The van der Waals surface area contributed by atoms with E-state index < -0.39 is 0 Å². The molecule has 1 saturated heterocycles. The van der Waals surface area contributed by atoms with Gasteiger partial charge in [0.1, 0.15) is 9.63 Å². The highest BCUT2D eigenvalue weighted by Crippen LogP contribution is 2.29. The lowest BCUT2D eigenvalue weighted by Gasteiger charge is -2.32. The summed E-state index contributed by atoms with van der Waals surface area (Å²) in [6.45, 7) is 2.42. The standard InChI is InChI=1S/C9H9BrClN3O/c10-9-8(11)7-1-12-6(2-14(7)13-9)5-3-15-4-5/h1,5-6H,2-4H2. The molecule has 0 radical (unpaired) electrons. The van der Waals surface area contributed by atoms with Crippen LogP contribution in [0.25, 0.3) is 0 Å². The number of ether oxygens (including phenoxy) is 1. The van der Waals surface area contributed by atoms with Gasteiger partial charge in [0.2, 0.25) is 0 Å². The first-order chi connectivity index (χ1) is 7.25. The van der Waals surface area contributed by atoms with E-state index in [1.165, 1.54) is 0 Å². The number of nitrogens with zero attached hydrogens (tertiary/aromatic N) is 3. The van der Waals surface area contributed by atoms with Crippen molar-refractivity contribution in [2.45, 2.75) is 12.6 Å². The molecule has 80 valence electrons. The Morgan fingerprint density at radius 3 is 3.00 bits per heavy atom. The molecule has 0 aromatic carbocycles. The van der Waals surface area contributed by atoms with E-state index >= 15 is 0 Å². The van der Waals surface area contributed by atoms with Gasteiger partial charge < -0.3 is 4.74 Å². The third kappa shape index (κ3) is 1.53. The Hall–Kier alpha value is -0.390. The van der Waals surface area contributed by atoms with Crippen molar-refractivity contribution in [3.05, 3.63) is 15.3 Å². The monoisotopic (exact) mass is 289 g/mol. The van der Waals surface area contributed by atoms with Crippen LogP contribution >= 0.6 is 27.5 Å². The van der Waals surface area contributed by atoms with Gasteiger partial charge in [-0.05, 0) is 15.9 Å². The summed E-state index contributed by atoms with van der Waals surface area (Å²) >= 11 is 9.37. The lowest BCUT2D eigenvalue weighted by Crippen LogP contribution is -2.40. The molecule has 0 aliphatic carbocycles. The zero-order chi connectivity index (χ0) is 10.4. The minimum Gasteiger partial charge on any atom is -0.381 e. The molecule has 6 heteroatoms. The van der Waals surface area contributed by atoms with Gasteiger partial charge in [0.05, 0.1) is 31.5 Å². The summed E-state index contributed by atoms with van der Waals surface area (Å²) in [5.41, 5.74) is 0.889. The van der Waals surface area contributed by atoms with Crippen molar-refractivity contribution >= 4 is 33.7 Å². The quantitative estimate of drug-likeness (QED) is 0.790. The van der Waals surface area contributed by atoms with Crippen molar-refractivity contribution in [3.8, 4) is 0 Å². The smallest absolute Gasteiger partial charge is 0.147 e. The van der Waals surface area contributed by atoms with Crippen LogP contribution in [0.4, 0.5) is 0 Å². The molecule has 0 amide bonds. The SMILES string of the molecule is Clc1c(Br)nn2c1C=NC(C1COC1)C2. The van der Waals surface area contributed by atoms with Gasteiger partial charge in [-0.1, -0.05) is 11.6 Å². The minimum atomic E-state index is 0.286. The molecule has 3 rings (SSSR count). The van der Waals surface area contributed by atoms with E-state index in [0.29, 0.717) is 15.5 Å². The second kappa shape index (κ2) is 3.57. The van der Waals surface area contributed by atoms with Gasteiger partial charge in [-0.15, -0.1) is 0 Å². The topological polar surface area (TPSA) is 39.4 Å². The predicted octanol–water partition coefficient (Wildman–Crippen LogP) is 1.75. The lowest BCUT2D eigenvalue weighted by atomic mass is 9.98. The summed E-state index contributed by atoms with van der Waals surface area (Å²) in [6, 6.07) is 0.286. The molecule has 0 N–H and O–H groups in total.